The second-order valence-corrected chi connectivity index (χ2v) is 7.86. The van der Waals surface area contributed by atoms with Crippen LogP contribution in [-0.4, -0.2) is 38.9 Å². The summed E-state index contributed by atoms with van der Waals surface area (Å²) < 4.78 is 26.8. The molecule has 120 valence electrons. The van der Waals surface area contributed by atoms with Crippen LogP contribution >= 0.6 is 12.4 Å². The second kappa shape index (κ2) is 6.97. The Balaban J connectivity index is 0.00000176. The number of nitriles is 1. The molecule has 2 fully saturated rings. The monoisotopic (exact) mass is 341 g/mol. The minimum absolute atomic E-state index is 0. The van der Waals surface area contributed by atoms with Crippen molar-refractivity contribution in [2.75, 3.05) is 26.2 Å². The lowest BCUT2D eigenvalue weighted by molar-refractivity contribution is 0.227. The summed E-state index contributed by atoms with van der Waals surface area (Å²) in [4.78, 5) is 0. The molecular formula is C15H20ClN3O2S. The maximum atomic E-state index is 12.6. The van der Waals surface area contributed by atoms with Gasteiger partial charge < -0.3 is 5.32 Å². The summed E-state index contributed by atoms with van der Waals surface area (Å²) in [5, 5.41) is 12.2. The summed E-state index contributed by atoms with van der Waals surface area (Å²) >= 11 is 0. The first-order chi connectivity index (χ1) is 10.1. The van der Waals surface area contributed by atoms with Crippen LogP contribution in [0.2, 0.25) is 0 Å². The molecule has 0 aromatic heterocycles. The molecule has 1 N–H and O–H groups in total. The maximum Gasteiger partial charge on any atom is 0.218 e. The summed E-state index contributed by atoms with van der Waals surface area (Å²) in [7, 11) is -3.30. The topological polar surface area (TPSA) is 73.2 Å². The molecular weight excluding hydrogens is 322 g/mol. The first-order valence-corrected chi connectivity index (χ1v) is 8.87. The van der Waals surface area contributed by atoms with Crippen LogP contribution in [0, 0.1) is 23.2 Å². The van der Waals surface area contributed by atoms with Gasteiger partial charge in [-0.3, -0.25) is 0 Å². The van der Waals surface area contributed by atoms with Crippen molar-refractivity contribution in [1.29, 1.82) is 5.26 Å². The number of benzene rings is 1. The minimum atomic E-state index is -3.30. The Bertz CT molecular complexity index is 672. The summed E-state index contributed by atoms with van der Waals surface area (Å²) in [6.45, 7) is 3.17. The predicted molar refractivity (Wildman–Crippen MR) is 87.1 cm³/mol. The van der Waals surface area contributed by atoms with Gasteiger partial charge in [0.25, 0.3) is 0 Å². The molecule has 0 bridgehead atoms. The molecule has 0 amide bonds. The van der Waals surface area contributed by atoms with Crippen molar-refractivity contribution in [2.45, 2.75) is 12.2 Å². The van der Waals surface area contributed by atoms with Gasteiger partial charge in [0.05, 0.1) is 17.4 Å². The van der Waals surface area contributed by atoms with Gasteiger partial charge in [-0.15, -0.1) is 12.4 Å². The molecule has 7 heteroatoms. The molecule has 2 aliphatic heterocycles. The Morgan fingerprint density at radius 1 is 1.32 bits per heavy atom. The van der Waals surface area contributed by atoms with E-state index in [0.29, 0.717) is 36.1 Å². The highest BCUT2D eigenvalue weighted by Crippen LogP contribution is 2.28. The first-order valence-electron chi connectivity index (χ1n) is 7.26. The fourth-order valence-corrected chi connectivity index (χ4v) is 4.87. The quantitative estimate of drug-likeness (QED) is 0.900. The van der Waals surface area contributed by atoms with Crippen LogP contribution in [0.4, 0.5) is 0 Å². The molecule has 2 atom stereocenters. The van der Waals surface area contributed by atoms with Gasteiger partial charge in [0.2, 0.25) is 10.0 Å². The standard InChI is InChI=1S/C15H19N3O2S.ClH/c16-7-12-2-1-3-13(6-12)11-21(19,20)18-5-4-14-8-17-9-15(14)10-18;/h1-3,6,14-15,17H,4-5,8-11H2;1H. The van der Waals surface area contributed by atoms with Gasteiger partial charge >= 0.3 is 0 Å². The Morgan fingerprint density at radius 2 is 2.09 bits per heavy atom. The third kappa shape index (κ3) is 3.61. The van der Waals surface area contributed by atoms with E-state index >= 15 is 0 Å². The van der Waals surface area contributed by atoms with Gasteiger partial charge in [-0.2, -0.15) is 5.26 Å². The molecule has 5 nitrogen and oxygen atoms in total. The molecule has 2 unspecified atom stereocenters. The van der Waals surface area contributed by atoms with Crippen molar-refractivity contribution in [3.63, 3.8) is 0 Å². The number of piperidine rings is 1. The van der Waals surface area contributed by atoms with E-state index in [2.05, 4.69) is 5.32 Å². The number of rotatable bonds is 3. The molecule has 2 aliphatic rings. The number of nitrogens with zero attached hydrogens (tertiary/aromatic N) is 2. The summed E-state index contributed by atoms with van der Waals surface area (Å²) in [6.07, 6.45) is 0.940. The van der Waals surface area contributed by atoms with Crippen LogP contribution in [-0.2, 0) is 15.8 Å². The van der Waals surface area contributed by atoms with Crippen molar-refractivity contribution in [3.8, 4) is 6.07 Å². The third-order valence-electron chi connectivity index (χ3n) is 4.47. The molecule has 2 saturated heterocycles. The molecule has 0 radical (unpaired) electrons. The van der Waals surface area contributed by atoms with Crippen LogP contribution in [0.1, 0.15) is 17.5 Å². The molecule has 1 aromatic rings. The summed E-state index contributed by atoms with van der Waals surface area (Å²) in [5.41, 5.74) is 1.18. The van der Waals surface area contributed by atoms with Gasteiger partial charge in [0.15, 0.2) is 0 Å². The Kier molecular flexibility index (Phi) is 5.45. The SMILES string of the molecule is Cl.N#Cc1cccc(CS(=O)(=O)N2CCC3CNCC3C2)c1. The van der Waals surface area contributed by atoms with E-state index in [0.717, 1.165) is 19.5 Å². The molecule has 0 spiro atoms. The average Bonchev–Trinajstić information content (AvgIpc) is 2.94. The highest BCUT2D eigenvalue weighted by molar-refractivity contribution is 7.88. The zero-order valence-electron chi connectivity index (χ0n) is 12.2. The summed E-state index contributed by atoms with van der Waals surface area (Å²) in [5.74, 6) is 1.05. The molecule has 3 rings (SSSR count). The predicted octanol–water partition coefficient (Wildman–Crippen LogP) is 1.35. The van der Waals surface area contributed by atoms with Crippen LogP contribution in [0.5, 0.6) is 0 Å². The molecule has 1 aromatic carbocycles. The lowest BCUT2D eigenvalue weighted by Crippen LogP contribution is -2.43. The fraction of sp³-hybridized carbons (Fsp3) is 0.533. The van der Waals surface area contributed by atoms with Gasteiger partial charge in [-0.05, 0) is 49.0 Å². The van der Waals surface area contributed by atoms with E-state index in [1.165, 1.54) is 0 Å². The van der Waals surface area contributed by atoms with Gasteiger partial charge in [-0.1, -0.05) is 12.1 Å². The Morgan fingerprint density at radius 3 is 2.86 bits per heavy atom. The molecule has 22 heavy (non-hydrogen) atoms. The lowest BCUT2D eigenvalue weighted by atomic mass is 9.90. The zero-order chi connectivity index (χ0) is 14.9. The van der Waals surface area contributed by atoms with Crippen LogP contribution in [0.3, 0.4) is 0 Å². The number of halogens is 1. The Hall–Kier alpha value is -1.13. The van der Waals surface area contributed by atoms with Gasteiger partial charge in [-0.25, -0.2) is 12.7 Å². The van der Waals surface area contributed by atoms with E-state index in [4.69, 9.17) is 5.26 Å². The van der Waals surface area contributed by atoms with Gasteiger partial charge in [0, 0.05) is 13.1 Å². The number of hydrogen-bond donors (Lipinski definition) is 1. The largest absolute Gasteiger partial charge is 0.316 e. The first kappa shape index (κ1) is 17.2. The smallest absolute Gasteiger partial charge is 0.218 e. The van der Waals surface area contributed by atoms with Crippen molar-refractivity contribution >= 4 is 22.4 Å². The highest BCUT2D eigenvalue weighted by atomic mass is 35.5. The van der Waals surface area contributed by atoms with Crippen LogP contribution < -0.4 is 5.32 Å². The Labute approximate surface area is 137 Å². The van der Waals surface area contributed by atoms with E-state index < -0.39 is 10.0 Å². The third-order valence-corrected chi connectivity index (χ3v) is 6.28. The van der Waals surface area contributed by atoms with E-state index in [1.54, 1.807) is 28.6 Å². The number of fused-ring (bicyclic) bond motifs is 1. The zero-order valence-corrected chi connectivity index (χ0v) is 13.9. The number of nitrogens with one attached hydrogen (secondary N) is 1. The number of sulfonamides is 1. The maximum absolute atomic E-state index is 12.6. The van der Waals surface area contributed by atoms with Crippen molar-refractivity contribution < 1.29 is 8.42 Å². The van der Waals surface area contributed by atoms with E-state index in [9.17, 15) is 8.42 Å². The fourth-order valence-electron chi connectivity index (χ4n) is 3.29. The molecule has 2 heterocycles. The summed E-state index contributed by atoms with van der Waals surface area (Å²) in [6, 6.07) is 8.89. The van der Waals surface area contributed by atoms with E-state index in [1.807, 2.05) is 6.07 Å². The van der Waals surface area contributed by atoms with Crippen molar-refractivity contribution in [1.82, 2.24) is 9.62 Å². The van der Waals surface area contributed by atoms with E-state index in [-0.39, 0.29) is 18.2 Å². The highest BCUT2D eigenvalue weighted by Gasteiger charge is 2.37. The van der Waals surface area contributed by atoms with Crippen LogP contribution in [0.15, 0.2) is 24.3 Å². The second-order valence-electron chi connectivity index (χ2n) is 5.89. The lowest BCUT2D eigenvalue weighted by Gasteiger charge is -2.33. The normalized spacial score (nSPS) is 25.0. The van der Waals surface area contributed by atoms with Crippen molar-refractivity contribution in [3.05, 3.63) is 35.4 Å². The number of hydrogen-bond acceptors (Lipinski definition) is 4. The minimum Gasteiger partial charge on any atom is -0.316 e. The van der Waals surface area contributed by atoms with Crippen LogP contribution in [0.25, 0.3) is 0 Å². The average molecular weight is 342 g/mol. The molecule has 0 aliphatic carbocycles. The molecule has 0 saturated carbocycles. The van der Waals surface area contributed by atoms with Crippen molar-refractivity contribution in [2.24, 2.45) is 11.8 Å². The van der Waals surface area contributed by atoms with Gasteiger partial charge in [0.1, 0.15) is 0 Å².